The minimum absolute atomic E-state index is 0.0344. The monoisotopic (exact) mass is 235 g/mol. The molecule has 0 saturated heterocycles. The third-order valence-corrected chi connectivity index (χ3v) is 2.54. The highest BCUT2D eigenvalue weighted by molar-refractivity contribution is 5.05. The molecule has 0 aromatic carbocycles. The zero-order chi connectivity index (χ0) is 12.3. The van der Waals surface area contributed by atoms with Crippen LogP contribution in [0.25, 0.3) is 0 Å². The Bertz CT molecular complexity index is 476. The van der Waals surface area contributed by atoms with Gasteiger partial charge in [0.25, 0.3) is 0 Å². The zero-order valence-electron chi connectivity index (χ0n) is 10.1. The van der Waals surface area contributed by atoms with Crippen LogP contribution < -0.4 is 5.73 Å². The molecule has 2 heterocycles. The van der Waals surface area contributed by atoms with Gasteiger partial charge < -0.3 is 10.3 Å². The SMILES string of the molecule is CCCC(N)c1cn(Cc2cc(C)on2)nn1. The molecule has 1 unspecified atom stereocenters. The van der Waals surface area contributed by atoms with E-state index in [9.17, 15) is 0 Å². The van der Waals surface area contributed by atoms with Gasteiger partial charge in [0.1, 0.15) is 11.5 Å². The maximum atomic E-state index is 5.97. The van der Waals surface area contributed by atoms with Crippen molar-refractivity contribution in [3.05, 3.63) is 29.4 Å². The normalized spacial score (nSPS) is 12.9. The van der Waals surface area contributed by atoms with Crippen LogP contribution in [0.5, 0.6) is 0 Å². The number of hydrogen-bond acceptors (Lipinski definition) is 5. The van der Waals surface area contributed by atoms with Crippen molar-refractivity contribution in [2.75, 3.05) is 0 Å². The largest absolute Gasteiger partial charge is 0.361 e. The second-order valence-corrected chi connectivity index (χ2v) is 4.17. The maximum Gasteiger partial charge on any atom is 0.133 e. The van der Waals surface area contributed by atoms with Crippen LogP contribution in [0.3, 0.4) is 0 Å². The van der Waals surface area contributed by atoms with Crippen LogP contribution in [0.15, 0.2) is 16.8 Å². The third kappa shape index (κ3) is 2.91. The summed E-state index contributed by atoms with van der Waals surface area (Å²) < 4.78 is 6.72. The van der Waals surface area contributed by atoms with Gasteiger partial charge in [-0.1, -0.05) is 23.7 Å². The summed E-state index contributed by atoms with van der Waals surface area (Å²) in [7, 11) is 0. The molecule has 0 aliphatic heterocycles. The molecule has 6 heteroatoms. The van der Waals surface area contributed by atoms with Crippen LogP contribution >= 0.6 is 0 Å². The smallest absolute Gasteiger partial charge is 0.133 e. The number of nitrogens with zero attached hydrogens (tertiary/aromatic N) is 4. The minimum atomic E-state index is -0.0344. The summed E-state index contributed by atoms with van der Waals surface area (Å²) in [5.74, 6) is 0.794. The summed E-state index contributed by atoms with van der Waals surface area (Å²) in [4.78, 5) is 0. The predicted octanol–water partition coefficient (Wildman–Crippen LogP) is 1.42. The van der Waals surface area contributed by atoms with Gasteiger partial charge >= 0.3 is 0 Å². The number of hydrogen-bond donors (Lipinski definition) is 1. The fourth-order valence-corrected chi connectivity index (χ4v) is 1.68. The molecule has 0 aliphatic carbocycles. The summed E-state index contributed by atoms with van der Waals surface area (Å²) in [5.41, 5.74) is 7.63. The fraction of sp³-hybridized carbons (Fsp3) is 0.545. The average Bonchev–Trinajstić information content (AvgIpc) is 2.89. The molecule has 0 spiro atoms. The lowest BCUT2D eigenvalue weighted by Gasteiger charge is -2.04. The van der Waals surface area contributed by atoms with E-state index in [2.05, 4.69) is 22.4 Å². The van der Waals surface area contributed by atoms with E-state index in [-0.39, 0.29) is 6.04 Å². The van der Waals surface area contributed by atoms with E-state index in [0.29, 0.717) is 6.54 Å². The van der Waals surface area contributed by atoms with E-state index < -0.39 is 0 Å². The van der Waals surface area contributed by atoms with Crippen LogP contribution in [-0.2, 0) is 6.54 Å². The second-order valence-electron chi connectivity index (χ2n) is 4.17. The minimum Gasteiger partial charge on any atom is -0.361 e. The molecule has 2 aromatic heterocycles. The van der Waals surface area contributed by atoms with Crippen molar-refractivity contribution in [1.82, 2.24) is 20.2 Å². The number of nitrogens with two attached hydrogens (primary N) is 1. The van der Waals surface area contributed by atoms with Crippen LogP contribution in [0.2, 0.25) is 0 Å². The molecule has 0 fully saturated rings. The molecule has 6 nitrogen and oxygen atoms in total. The topological polar surface area (TPSA) is 82.8 Å². The first-order valence-corrected chi connectivity index (χ1v) is 5.77. The van der Waals surface area contributed by atoms with Gasteiger partial charge in [0.05, 0.1) is 24.5 Å². The van der Waals surface area contributed by atoms with Crippen LogP contribution in [0.1, 0.15) is 43.0 Å². The van der Waals surface area contributed by atoms with E-state index in [1.807, 2.05) is 19.2 Å². The lowest BCUT2D eigenvalue weighted by molar-refractivity contribution is 0.387. The number of aromatic nitrogens is 4. The van der Waals surface area contributed by atoms with E-state index in [0.717, 1.165) is 30.0 Å². The lowest BCUT2D eigenvalue weighted by Crippen LogP contribution is -2.10. The Labute approximate surface area is 99.8 Å². The predicted molar refractivity (Wildman–Crippen MR) is 62.2 cm³/mol. The van der Waals surface area contributed by atoms with Crippen molar-refractivity contribution in [3.63, 3.8) is 0 Å². The Morgan fingerprint density at radius 2 is 2.35 bits per heavy atom. The molecule has 0 radical (unpaired) electrons. The molecule has 92 valence electrons. The van der Waals surface area contributed by atoms with Gasteiger partial charge in [-0.3, -0.25) is 0 Å². The first-order valence-electron chi connectivity index (χ1n) is 5.77. The van der Waals surface area contributed by atoms with Crippen LogP contribution in [0.4, 0.5) is 0 Å². The van der Waals surface area contributed by atoms with Crippen molar-refractivity contribution in [1.29, 1.82) is 0 Å². The van der Waals surface area contributed by atoms with Crippen molar-refractivity contribution >= 4 is 0 Å². The Balaban J connectivity index is 2.03. The Morgan fingerprint density at radius 3 is 3.00 bits per heavy atom. The molecule has 0 bridgehead atoms. The Morgan fingerprint density at radius 1 is 1.53 bits per heavy atom. The molecule has 2 aromatic rings. The number of aryl methyl sites for hydroxylation is 1. The first kappa shape index (κ1) is 11.8. The molecule has 0 amide bonds. The van der Waals surface area contributed by atoms with E-state index in [1.54, 1.807) is 4.68 Å². The molecule has 2 N–H and O–H groups in total. The summed E-state index contributed by atoms with van der Waals surface area (Å²) >= 11 is 0. The molecule has 1 atom stereocenters. The van der Waals surface area contributed by atoms with Gasteiger partial charge in [0.15, 0.2) is 0 Å². The van der Waals surface area contributed by atoms with E-state index >= 15 is 0 Å². The molecular weight excluding hydrogens is 218 g/mol. The third-order valence-electron chi connectivity index (χ3n) is 2.54. The highest BCUT2D eigenvalue weighted by Gasteiger charge is 2.10. The summed E-state index contributed by atoms with van der Waals surface area (Å²) in [6.07, 6.45) is 3.82. The van der Waals surface area contributed by atoms with Crippen molar-refractivity contribution in [3.8, 4) is 0 Å². The maximum absolute atomic E-state index is 5.97. The van der Waals surface area contributed by atoms with Gasteiger partial charge in [-0.2, -0.15) is 0 Å². The quantitative estimate of drug-likeness (QED) is 0.847. The molecular formula is C11H17N5O. The average molecular weight is 235 g/mol. The Kier molecular flexibility index (Phi) is 3.53. The van der Waals surface area contributed by atoms with Crippen molar-refractivity contribution in [2.45, 2.75) is 39.3 Å². The number of rotatable bonds is 5. The van der Waals surface area contributed by atoms with Gasteiger partial charge in [0, 0.05) is 6.07 Å². The second kappa shape index (κ2) is 5.09. The van der Waals surface area contributed by atoms with Crippen molar-refractivity contribution in [2.24, 2.45) is 5.73 Å². The van der Waals surface area contributed by atoms with E-state index in [1.165, 1.54) is 0 Å². The highest BCUT2D eigenvalue weighted by Crippen LogP contribution is 2.12. The standard InChI is InChI=1S/C11H17N5O/c1-3-4-10(12)11-7-16(15-13-11)6-9-5-8(2)17-14-9/h5,7,10H,3-4,6,12H2,1-2H3. The summed E-state index contributed by atoms with van der Waals surface area (Å²) in [6, 6.07) is 1.85. The molecule has 0 saturated carbocycles. The van der Waals surface area contributed by atoms with Gasteiger partial charge in [-0.05, 0) is 13.3 Å². The summed E-state index contributed by atoms with van der Waals surface area (Å²) in [5, 5.41) is 12.0. The lowest BCUT2D eigenvalue weighted by atomic mass is 10.1. The van der Waals surface area contributed by atoms with Gasteiger partial charge in [-0.25, -0.2) is 4.68 Å². The van der Waals surface area contributed by atoms with Crippen LogP contribution in [0, 0.1) is 6.92 Å². The molecule has 0 aliphatic rings. The highest BCUT2D eigenvalue weighted by atomic mass is 16.5. The molecule has 2 rings (SSSR count). The first-order chi connectivity index (χ1) is 8.19. The fourth-order valence-electron chi connectivity index (χ4n) is 1.68. The van der Waals surface area contributed by atoms with E-state index in [4.69, 9.17) is 10.3 Å². The summed E-state index contributed by atoms with van der Waals surface area (Å²) in [6.45, 7) is 4.52. The molecule has 17 heavy (non-hydrogen) atoms. The van der Waals surface area contributed by atoms with Gasteiger partial charge in [0.2, 0.25) is 0 Å². The van der Waals surface area contributed by atoms with Crippen LogP contribution in [-0.4, -0.2) is 20.2 Å². The van der Waals surface area contributed by atoms with Gasteiger partial charge in [-0.15, -0.1) is 5.10 Å². The zero-order valence-corrected chi connectivity index (χ0v) is 10.1. The van der Waals surface area contributed by atoms with Crippen molar-refractivity contribution < 1.29 is 4.52 Å². The Hall–Kier alpha value is -1.69.